The quantitative estimate of drug-likeness (QED) is 0.767. The molecule has 7 heteroatoms. The number of amides is 2. The van der Waals surface area contributed by atoms with Crippen LogP contribution in [0.3, 0.4) is 0 Å². The second kappa shape index (κ2) is 7.06. The van der Waals surface area contributed by atoms with E-state index >= 15 is 0 Å². The molecule has 3 rings (SSSR count). The van der Waals surface area contributed by atoms with Crippen LogP contribution in [0, 0.1) is 0 Å². The molecule has 1 aromatic carbocycles. The average molecular weight is 370 g/mol. The molecule has 2 amide bonds. The molecular formula is C20H26N4O3. The van der Waals surface area contributed by atoms with Crippen molar-refractivity contribution >= 4 is 23.2 Å². The normalized spacial score (nSPS) is 16.5. The number of ether oxygens (including phenoxy) is 1. The van der Waals surface area contributed by atoms with Crippen molar-refractivity contribution in [3.8, 4) is 5.75 Å². The first kappa shape index (κ1) is 18.9. The van der Waals surface area contributed by atoms with Crippen molar-refractivity contribution in [1.29, 1.82) is 0 Å². The largest absolute Gasteiger partial charge is 0.495 e. The van der Waals surface area contributed by atoms with Crippen LogP contribution >= 0.6 is 0 Å². The Morgan fingerprint density at radius 2 is 2.07 bits per heavy atom. The van der Waals surface area contributed by atoms with E-state index in [-0.39, 0.29) is 23.1 Å². The monoisotopic (exact) mass is 370 g/mol. The number of benzene rings is 1. The molecule has 1 aliphatic heterocycles. The highest BCUT2D eigenvalue weighted by molar-refractivity contribution is 5.98. The molecule has 27 heavy (non-hydrogen) atoms. The highest BCUT2D eigenvalue weighted by Crippen LogP contribution is 2.42. The van der Waals surface area contributed by atoms with Gasteiger partial charge in [-0.25, -0.2) is 0 Å². The van der Waals surface area contributed by atoms with Gasteiger partial charge in [0.05, 0.1) is 18.5 Å². The third-order valence-electron chi connectivity index (χ3n) is 4.75. The standard InChI is InChI=1S/C20H26N4O3/c1-6-18(25)22-15-9-13-11(7-16(15)27-5)12(8-19(26)21-13)14-10-17(24-23-14)20(2,3)4/h7,9-10,12H,6,8H2,1-5H3,(H,21,26)(H,22,25)(H,23,24)/t12-/m1/s1. The zero-order valence-corrected chi connectivity index (χ0v) is 16.4. The minimum absolute atomic E-state index is 0.0719. The van der Waals surface area contributed by atoms with E-state index in [9.17, 15) is 9.59 Å². The van der Waals surface area contributed by atoms with E-state index in [4.69, 9.17) is 4.74 Å². The zero-order valence-electron chi connectivity index (χ0n) is 16.4. The predicted octanol–water partition coefficient (Wildman–Crippen LogP) is 3.54. The summed E-state index contributed by atoms with van der Waals surface area (Å²) in [7, 11) is 1.56. The first-order valence-electron chi connectivity index (χ1n) is 9.10. The third-order valence-corrected chi connectivity index (χ3v) is 4.75. The van der Waals surface area contributed by atoms with Gasteiger partial charge in [0, 0.05) is 35.6 Å². The van der Waals surface area contributed by atoms with Gasteiger partial charge >= 0.3 is 0 Å². The number of anilines is 2. The second-order valence-electron chi connectivity index (χ2n) is 7.80. The number of nitrogens with zero attached hydrogens (tertiary/aromatic N) is 1. The molecule has 0 spiro atoms. The fourth-order valence-electron chi connectivity index (χ4n) is 3.17. The van der Waals surface area contributed by atoms with Crippen molar-refractivity contribution in [2.45, 2.75) is 51.9 Å². The lowest BCUT2D eigenvalue weighted by atomic mass is 9.85. The number of methoxy groups -OCH3 is 1. The molecule has 0 bridgehead atoms. The summed E-state index contributed by atoms with van der Waals surface area (Å²) in [5, 5.41) is 13.2. The summed E-state index contributed by atoms with van der Waals surface area (Å²) >= 11 is 0. The van der Waals surface area contributed by atoms with E-state index in [1.165, 1.54) is 0 Å². The van der Waals surface area contributed by atoms with Crippen molar-refractivity contribution in [2.75, 3.05) is 17.7 Å². The molecule has 3 N–H and O–H groups in total. The predicted molar refractivity (Wildman–Crippen MR) is 104 cm³/mol. The molecule has 2 aromatic rings. The number of hydrogen-bond acceptors (Lipinski definition) is 4. The van der Waals surface area contributed by atoms with Crippen LogP contribution in [0.4, 0.5) is 11.4 Å². The lowest BCUT2D eigenvalue weighted by Gasteiger charge is -2.26. The topological polar surface area (TPSA) is 96.1 Å². The maximum atomic E-state index is 12.3. The zero-order chi connectivity index (χ0) is 19.8. The molecule has 7 nitrogen and oxygen atoms in total. The SMILES string of the molecule is CCC(=O)Nc1cc2c(cc1OC)[C@H](c1cc(C(C)(C)C)n[nH]1)CC(=O)N2. The van der Waals surface area contributed by atoms with E-state index in [2.05, 4.69) is 41.6 Å². The molecule has 0 unspecified atom stereocenters. The first-order chi connectivity index (χ1) is 12.7. The lowest BCUT2D eigenvalue weighted by Crippen LogP contribution is -2.24. The number of nitrogens with one attached hydrogen (secondary N) is 3. The van der Waals surface area contributed by atoms with Crippen molar-refractivity contribution in [1.82, 2.24) is 10.2 Å². The van der Waals surface area contributed by atoms with Gasteiger partial charge in [0.2, 0.25) is 11.8 Å². The summed E-state index contributed by atoms with van der Waals surface area (Å²) in [5.41, 5.74) is 3.91. The number of rotatable bonds is 4. The highest BCUT2D eigenvalue weighted by atomic mass is 16.5. The van der Waals surface area contributed by atoms with Crippen LogP contribution in [0.1, 0.15) is 63.4 Å². The Morgan fingerprint density at radius 3 is 2.67 bits per heavy atom. The number of aromatic amines is 1. The van der Waals surface area contributed by atoms with E-state index in [1.54, 1.807) is 20.1 Å². The van der Waals surface area contributed by atoms with Crippen LogP contribution < -0.4 is 15.4 Å². The van der Waals surface area contributed by atoms with E-state index in [0.717, 1.165) is 17.0 Å². The number of carbonyl (C=O) groups is 2. The van der Waals surface area contributed by atoms with Crippen LogP contribution in [0.2, 0.25) is 0 Å². The van der Waals surface area contributed by atoms with E-state index < -0.39 is 0 Å². The molecule has 0 saturated carbocycles. The molecule has 0 saturated heterocycles. The fraction of sp³-hybridized carbons (Fsp3) is 0.450. The number of aromatic nitrogens is 2. The van der Waals surface area contributed by atoms with Crippen molar-refractivity contribution in [3.63, 3.8) is 0 Å². The van der Waals surface area contributed by atoms with Gasteiger partial charge in [0.15, 0.2) is 0 Å². The second-order valence-corrected chi connectivity index (χ2v) is 7.80. The van der Waals surface area contributed by atoms with Crippen LogP contribution in [0.5, 0.6) is 5.75 Å². The number of carbonyl (C=O) groups excluding carboxylic acids is 2. The van der Waals surface area contributed by atoms with Gasteiger partial charge in [-0.15, -0.1) is 0 Å². The first-order valence-corrected chi connectivity index (χ1v) is 9.10. The minimum Gasteiger partial charge on any atom is -0.495 e. The molecule has 2 heterocycles. The maximum absolute atomic E-state index is 12.3. The van der Waals surface area contributed by atoms with Crippen LogP contribution in [-0.2, 0) is 15.0 Å². The Hall–Kier alpha value is -2.83. The van der Waals surface area contributed by atoms with Gasteiger partial charge in [-0.3, -0.25) is 14.7 Å². The van der Waals surface area contributed by atoms with Gasteiger partial charge in [-0.1, -0.05) is 27.7 Å². The van der Waals surface area contributed by atoms with Crippen molar-refractivity contribution < 1.29 is 14.3 Å². The number of H-pyrrole nitrogens is 1. The molecular weight excluding hydrogens is 344 g/mol. The van der Waals surface area contributed by atoms with Crippen molar-refractivity contribution in [2.24, 2.45) is 0 Å². The summed E-state index contributed by atoms with van der Waals surface area (Å²) in [6.45, 7) is 8.07. The van der Waals surface area contributed by atoms with Gasteiger partial charge in [-0.05, 0) is 23.8 Å². The van der Waals surface area contributed by atoms with E-state index in [0.29, 0.717) is 30.0 Å². The summed E-state index contributed by atoms with van der Waals surface area (Å²) in [5.74, 6) is 0.224. The van der Waals surface area contributed by atoms with Crippen LogP contribution in [-0.4, -0.2) is 29.1 Å². The summed E-state index contributed by atoms with van der Waals surface area (Å²) in [6, 6.07) is 5.65. The van der Waals surface area contributed by atoms with Crippen LogP contribution in [0.15, 0.2) is 18.2 Å². The average Bonchev–Trinajstić information content (AvgIpc) is 3.10. The molecule has 1 aliphatic rings. The van der Waals surface area contributed by atoms with Crippen LogP contribution in [0.25, 0.3) is 0 Å². The lowest BCUT2D eigenvalue weighted by molar-refractivity contribution is -0.117. The smallest absolute Gasteiger partial charge is 0.225 e. The Bertz CT molecular complexity index is 880. The molecule has 0 fully saturated rings. The van der Waals surface area contributed by atoms with E-state index in [1.807, 2.05) is 12.1 Å². The maximum Gasteiger partial charge on any atom is 0.225 e. The molecule has 144 valence electrons. The highest BCUT2D eigenvalue weighted by Gasteiger charge is 2.30. The molecule has 1 aromatic heterocycles. The van der Waals surface area contributed by atoms with Crippen molar-refractivity contribution in [3.05, 3.63) is 35.2 Å². The number of hydrogen-bond donors (Lipinski definition) is 3. The van der Waals surface area contributed by atoms with Gasteiger partial charge in [-0.2, -0.15) is 5.10 Å². The Balaban J connectivity index is 2.04. The van der Waals surface area contributed by atoms with Gasteiger partial charge in [0.25, 0.3) is 0 Å². The Labute approximate surface area is 158 Å². The third kappa shape index (κ3) is 3.82. The molecule has 0 aliphatic carbocycles. The molecule has 0 radical (unpaired) electrons. The Morgan fingerprint density at radius 1 is 1.33 bits per heavy atom. The molecule has 1 atom stereocenters. The Kier molecular flexibility index (Phi) is 4.95. The van der Waals surface area contributed by atoms with Gasteiger partial charge in [0.1, 0.15) is 5.75 Å². The number of fused-ring (bicyclic) bond motifs is 1. The summed E-state index contributed by atoms with van der Waals surface area (Å²) in [6.07, 6.45) is 0.682. The summed E-state index contributed by atoms with van der Waals surface area (Å²) < 4.78 is 5.47. The minimum atomic E-state index is -0.151. The summed E-state index contributed by atoms with van der Waals surface area (Å²) in [4.78, 5) is 24.1. The van der Waals surface area contributed by atoms with Gasteiger partial charge < -0.3 is 15.4 Å². The fourth-order valence-corrected chi connectivity index (χ4v) is 3.17.